The molecule has 1 atom stereocenters. The smallest absolute Gasteiger partial charge is 0.328 e. The maximum atomic E-state index is 11.1. The number of hydrogen-bond acceptors (Lipinski definition) is 3. The van der Waals surface area contributed by atoms with Crippen LogP contribution in [0.1, 0.15) is 54.9 Å². The molecule has 104 valence electrons. The summed E-state index contributed by atoms with van der Waals surface area (Å²) in [7, 11) is 1.31. The van der Waals surface area contributed by atoms with Crippen LogP contribution in [0.25, 0.3) is 0 Å². The second-order valence-corrected chi connectivity index (χ2v) is 3.65. The van der Waals surface area contributed by atoms with Crippen LogP contribution in [-0.2, 0) is 14.3 Å². The monoisotopic (exact) mass is 247 g/mol. The number of esters is 1. The third-order valence-electron chi connectivity index (χ3n) is 1.48. The molecular formula is C13H29NO3. The van der Waals surface area contributed by atoms with Crippen molar-refractivity contribution in [2.45, 2.75) is 60.9 Å². The molecule has 0 radical (unpaired) electrons. The third-order valence-corrected chi connectivity index (χ3v) is 1.48. The number of carbonyl (C=O) groups excluding carboxylic acids is 2. The highest BCUT2D eigenvalue weighted by atomic mass is 16.5. The summed E-state index contributed by atoms with van der Waals surface area (Å²) in [5.41, 5.74) is 0. The van der Waals surface area contributed by atoms with Gasteiger partial charge in [0.05, 0.1) is 7.11 Å². The van der Waals surface area contributed by atoms with Crippen molar-refractivity contribution >= 4 is 11.9 Å². The zero-order valence-electron chi connectivity index (χ0n) is 12.6. The number of ether oxygens (including phenoxy) is 1. The molecule has 0 saturated carbocycles. The Morgan fingerprint density at radius 2 is 1.53 bits per heavy atom. The van der Waals surface area contributed by atoms with Gasteiger partial charge in [0.15, 0.2) is 0 Å². The predicted octanol–water partition coefficient (Wildman–Crippen LogP) is 2.76. The van der Waals surface area contributed by atoms with Gasteiger partial charge >= 0.3 is 5.97 Å². The molecule has 0 spiro atoms. The second kappa shape index (κ2) is 14.9. The Morgan fingerprint density at radius 1 is 1.18 bits per heavy atom. The van der Waals surface area contributed by atoms with Gasteiger partial charge < -0.3 is 10.1 Å². The summed E-state index contributed by atoms with van der Waals surface area (Å²) in [5, 5.41) is 2.52. The summed E-state index contributed by atoms with van der Waals surface area (Å²) in [6, 6.07) is -0.535. The summed E-state index contributed by atoms with van der Waals surface area (Å²) in [5.74, 6) is -0.583. The fourth-order valence-electron chi connectivity index (χ4n) is 0.844. The number of hydrogen-bond donors (Lipinski definition) is 1. The van der Waals surface area contributed by atoms with Crippen molar-refractivity contribution in [3.05, 3.63) is 0 Å². The molecule has 1 N–H and O–H groups in total. The van der Waals surface area contributed by atoms with E-state index in [2.05, 4.69) is 23.9 Å². The van der Waals surface area contributed by atoms with E-state index in [1.54, 1.807) is 0 Å². The highest BCUT2D eigenvalue weighted by Crippen LogP contribution is 2.02. The Balaban J connectivity index is -0.000000337. The summed E-state index contributed by atoms with van der Waals surface area (Å²) in [6.07, 6.45) is 1.25. The van der Waals surface area contributed by atoms with Gasteiger partial charge in [-0.05, 0) is 5.92 Å². The van der Waals surface area contributed by atoms with Crippen LogP contribution in [0.2, 0.25) is 0 Å². The highest BCUT2D eigenvalue weighted by molar-refractivity contribution is 5.83. The topological polar surface area (TPSA) is 55.4 Å². The fraction of sp³-hybridized carbons (Fsp3) is 0.846. The van der Waals surface area contributed by atoms with Gasteiger partial charge in [-0.25, -0.2) is 4.79 Å². The minimum atomic E-state index is -0.535. The molecule has 0 fully saturated rings. The first-order valence-electron chi connectivity index (χ1n) is 6.25. The van der Waals surface area contributed by atoms with Crippen molar-refractivity contribution in [3.63, 3.8) is 0 Å². The van der Waals surface area contributed by atoms with Crippen molar-refractivity contribution in [1.82, 2.24) is 5.32 Å². The van der Waals surface area contributed by atoms with E-state index in [0.717, 1.165) is 0 Å². The van der Waals surface area contributed by atoms with Gasteiger partial charge in [0, 0.05) is 6.92 Å². The van der Waals surface area contributed by atoms with Gasteiger partial charge in [0.2, 0.25) is 5.91 Å². The molecule has 1 amide bonds. The predicted molar refractivity (Wildman–Crippen MR) is 71.8 cm³/mol. The Hall–Kier alpha value is -1.06. The molecule has 0 aromatic rings. The molecule has 0 aromatic heterocycles. The zero-order valence-corrected chi connectivity index (χ0v) is 12.6. The van der Waals surface area contributed by atoms with Crippen LogP contribution in [0.3, 0.4) is 0 Å². The van der Waals surface area contributed by atoms with Crippen molar-refractivity contribution < 1.29 is 14.3 Å². The molecule has 4 nitrogen and oxygen atoms in total. The van der Waals surface area contributed by atoms with Crippen LogP contribution < -0.4 is 5.32 Å². The molecule has 0 aliphatic rings. The molecule has 0 saturated heterocycles. The molecule has 17 heavy (non-hydrogen) atoms. The van der Waals surface area contributed by atoms with E-state index in [4.69, 9.17) is 0 Å². The summed E-state index contributed by atoms with van der Waals surface area (Å²) < 4.78 is 4.52. The average Bonchev–Trinajstić information content (AvgIpc) is 2.28. The molecule has 0 bridgehead atoms. The molecule has 0 aliphatic heterocycles. The van der Waals surface area contributed by atoms with Crippen molar-refractivity contribution in [1.29, 1.82) is 0 Å². The van der Waals surface area contributed by atoms with Crippen LogP contribution in [0.4, 0.5) is 0 Å². The Kier molecular flexibility index (Phi) is 18.7. The first-order valence-corrected chi connectivity index (χ1v) is 6.25. The maximum absolute atomic E-state index is 11.1. The first kappa shape index (κ1) is 21.2. The van der Waals surface area contributed by atoms with Gasteiger partial charge in [-0.2, -0.15) is 0 Å². The van der Waals surface area contributed by atoms with Crippen LogP contribution in [0, 0.1) is 5.92 Å². The van der Waals surface area contributed by atoms with Crippen molar-refractivity contribution in [2.75, 3.05) is 7.11 Å². The molecular weight excluding hydrogens is 218 g/mol. The number of methoxy groups -OCH3 is 1. The van der Waals surface area contributed by atoms with E-state index >= 15 is 0 Å². The standard InChI is InChI=1S/C8H15NO3.C3H8.C2H6/c1-5(2)7(8(11)12-4)9-6(3)10;1-3-2;1-2/h5,7H,1-4H3,(H,9,10);3H2,1-2H3;1-2H3. The summed E-state index contributed by atoms with van der Waals surface area (Å²) in [6.45, 7) is 13.3. The van der Waals surface area contributed by atoms with E-state index in [1.807, 2.05) is 27.7 Å². The van der Waals surface area contributed by atoms with E-state index in [1.165, 1.54) is 20.5 Å². The number of carbonyl (C=O) groups is 2. The van der Waals surface area contributed by atoms with E-state index in [0.29, 0.717) is 0 Å². The Bertz CT molecular complexity index is 191. The summed E-state index contributed by atoms with van der Waals surface area (Å²) >= 11 is 0. The van der Waals surface area contributed by atoms with Gasteiger partial charge in [0.25, 0.3) is 0 Å². The van der Waals surface area contributed by atoms with Gasteiger partial charge in [-0.3, -0.25) is 4.79 Å². The number of nitrogens with one attached hydrogen (secondary N) is 1. The Labute approximate surface area is 106 Å². The highest BCUT2D eigenvalue weighted by Gasteiger charge is 2.23. The lowest BCUT2D eigenvalue weighted by Gasteiger charge is -2.18. The Morgan fingerprint density at radius 3 is 1.71 bits per heavy atom. The van der Waals surface area contributed by atoms with E-state index in [9.17, 15) is 9.59 Å². The van der Waals surface area contributed by atoms with Crippen LogP contribution in [0.15, 0.2) is 0 Å². The molecule has 0 aliphatic carbocycles. The summed E-state index contributed by atoms with van der Waals surface area (Å²) in [4.78, 5) is 21.7. The zero-order chi connectivity index (χ0) is 14.4. The lowest BCUT2D eigenvalue weighted by atomic mass is 10.1. The average molecular weight is 247 g/mol. The lowest BCUT2D eigenvalue weighted by Crippen LogP contribution is -2.44. The molecule has 4 heteroatoms. The van der Waals surface area contributed by atoms with Gasteiger partial charge in [-0.1, -0.05) is 48.0 Å². The third kappa shape index (κ3) is 14.9. The molecule has 0 heterocycles. The van der Waals surface area contributed by atoms with E-state index in [-0.39, 0.29) is 11.8 Å². The first-order chi connectivity index (χ1) is 7.90. The van der Waals surface area contributed by atoms with E-state index < -0.39 is 12.0 Å². The molecule has 0 rings (SSSR count). The SMILES string of the molecule is CC.CCC.COC(=O)C(NC(C)=O)C(C)C. The van der Waals surface area contributed by atoms with Crippen LogP contribution >= 0.6 is 0 Å². The molecule has 0 aromatic carbocycles. The minimum Gasteiger partial charge on any atom is -0.467 e. The van der Waals surface area contributed by atoms with Crippen molar-refractivity contribution in [3.8, 4) is 0 Å². The maximum Gasteiger partial charge on any atom is 0.328 e. The number of rotatable bonds is 3. The van der Waals surface area contributed by atoms with Crippen LogP contribution in [0.5, 0.6) is 0 Å². The molecule has 1 unspecified atom stereocenters. The van der Waals surface area contributed by atoms with Gasteiger partial charge in [0.1, 0.15) is 6.04 Å². The number of amides is 1. The van der Waals surface area contributed by atoms with Crippen molar-refractivity contribution in [2.24, 2.45) is 5.92 Å². The largest absolute Gasteiger partial charge is 0.467 e. The normalized spacial score (nSPS) is 10.2. The minimum absolute atomic E-state index is 0.0429. The fourth-order valence-corrected chi connectivity index (χ4v) is 0.844. The second-order valence-electron chi connectivity index (χ2n) is 3.65. The van der Waals surface area contributed by atoms with Crippen LogP contribution in [-0.4, -0.2) is 25.0 Å². The quantitative estimate of drug-likeness (QED) is 0.780. The van der Waals surface area contributed by atoms with Gasteiger partial charge in [-0.15, -0.1) is 0 Å². The lowest BCUT2D eigenvalue weighted by molar-refractivity contribution is -0.146.